The van der Waals surface area contributed by atoms with Crippen molar-refractivity contribution in [3.8, 4) is 5.75 Å². The summed E-state index contributed by atoms with van der Waals surface area (Å²) in [6, 6.07) is 6.43. The molecule has 0 aromatic heterocycles. The molecule has 0 amide bonds. The predicted molar refractivity (Wildman–Crippen MR) is 54.2 cm³/mol. The van der Waals surface area contributed by atoms with Gasteiger partial charge in [0.05, 0.1) is 0 Å². The van der Waals surface area contributed by atoms with Gasteiger partial charge in [0.1, 0.15) is 5.75 Å². The van der Waals surface area contributed by atoms with E-state index in [1.54, 1.807) is 31.2 Å². The molecular weight excluding hydrogens is 196 g/mol. The molecule has 0 atom stereocenters. The number of hydrogen-bond acceptors (Lipinski definition) is 3. The van der Waals surface area contributed by atoms with Crippen LogP contribution < -0.4 is 4.74 Å². The quantitative estimate of drug-likeness (QED) is 0.748. The van der Waals surface area contributed by atoms with Crippen LogP contribution in [0.3, 0.4) is 0 Å². The Labute approximate surface area is 87.5 Å². The van der Waals surface area contributed by atoms with Crippen LogP contribution in [0.5, 0.6) is 5.75 Å². The minimum Gasteiger partial charge on any atom is -0.482 e. The molecular formula is C11H12O4. The van der Waals surface area contributed by atoms with Gasteiger partial charge in [0, 0.05) is 12.0 Å². The van der Waals surface area contributed by atoms with E-state index in [-0.39, 0.29) is 12.4 Å². The summed E-state index contributed by atoms with van der Waals surface area (Å²) in [4.78, 5) is 21.5. The van der Waals surface area contributed by atoms with E-state index < -0.39 is 5.97 Å². The Bertz CT molecular complexity index is 353. The highest BCUT2D eigenvalue weighted by atomic mass is 16.5. The third-order valence-electron chi connectivity index (χ3n) is 1.86. The molecule has 0 saturated carbocycles. The number of ether oxygens (including phenoxy) is 1. The van der Waals surface area contributed by atoms with Crippen molar-refractivity contribution in [3.63, 3.8) is 0 Å². The second kappa shape index (κ2) is 5.14. The minimum atomic E-state index is -1.02. The van der Waals surface area contributed by atoms with E-state index in [2.05, 4.69) is 0 Å². The summed E-state index contributed by atoms with van der Waals surface area (Å²) in [5.74, 6) is -0.520. The number of Topliss-reactive ketones (excluding diaryl/α,β-unsaturated/α-hetero) is 1. The van der Waals surface area contributed by atoms with Crippen molar-refractivity contribution < 1.29 is 19.4 Å². The van der Waals surface area contributed by atoms with Crippen LogP contribution in [0.2, 0.25) is 0 Å². The average molecular weight is 208 g/mol. The normalized spacial score (nSPS) is 9.67. The molecule has 0 fully saturated rings. The second-order valence-corrected chi connectivity index (χ2v) is 2.98. The largest absolute Gasteiger partial charge is 0.482 e. The van der Waals surface area contributed by atoms with Crippen molar-refractivity contribution in [1.29, 1.82) is 0 Å². The van der Waals surface area contributed by atoms with Gasteiger partial charge in [0.2, 0.25) is 0 Å². The maximum absolute atomic E-state index is 11.3. The van der Waals surface area contributed by atoms with E-state index >= 15 is 0 Å². The summed E-state index contributed by atoms with van der Waals surface area (Å²) in [5.41, 5.74) is 0.611. The fourth-order valence-electron chi connectivity index (χ4n) is 1.09. The number of carbonyl (C=O) groups is 2. The molecule has 0 saturated heterocycles. The average Bonchev–Trinajstić information content (AvgIpc) is 2.26. The fraction of sp³-hybridized carbons (Fsp3) is 0.273. The maximum atomic E-state index is 11.3. The molecule has 1 aromatic carbocycles. The zero-order valence-corrected chi connectivity index (χ0v) is 8.40. The van der Waals surface area contributed by atoms with E-state index in [1.165, 1.54) is 0 Å². The molecule has 80 valence electrons. The van der Waals surface area contributed by atoms with E-state index in [1.807, 2.05) is 0 Å². The SMILES string of the molecule is CCC(=O)c1ccc(OCC(=O)O)cc1. The molecule has 1 rings (SSSR count). The second-order valence-electron chi connectivity index (χ2n) is 2.98. The summed E-state index contributed by atoms with van der Waals surface area (Å²) in [5, 5.41) is 8.38. The smallest absolute Gasteiger partial charge is 0.341 e. The predicted octanol–water partition coefficient (Wildman–Crippen LogP) is 1.74. The molecule has 1 N–H and O–H groups in total. The molecule has 1 aromatic rings. The molecule has 0 aliphatic rings. The number of benzene rings is 1. The van der Waals surface area contributed by atoms with Crippen LogP contribution >= 0.6 is 0 Å². The zero-order chi connectivity index (χ0) is 11.3. The van der Waals surface area contributed by atoms with Crippen molar-refractivity contribution in [1.82, 2.24) is 0 Å². The molecule has 4 nitrogen and oxygen atoms in total. The Balaban J connectivity index is 2.64. The lowest BCUT2D eigenvalue weighted by atomic mass is 10.1. The monoisotopic (exact) mass is 208 g/mol. The van der Waals surface area contributed by atoms with Gasteiger partial charge in [-0.2, -0.15) is 0 Å². The number of hydrogen-bond donors (Lipinski definition) is 1. The standard InChI is InChI=1S/C11H12O4/c1-2-10(12)8-3-5-9(6-4-8)15-7-11(13)14/h3-6H,2,7H2,1H3,(H,13,14). The van der Waals surface area contributed by atoms with Gasteiger partial charge in [-0.05, 0) is 24.3 Å². The fourth-order valence-corrected chi connectivity index (χ4v) is 1.09. The van der Waals surface area contributed by atoms with E-state index in [4.69, 9.17) is 9.84 Å². The number of carbonyl (C=O) groups excluding carboxylic acids is 1. The highest BCUT2D eigenvalue weighted by molar-refractivity contribution is 5.95. The summed E-state index contributed by atoms with van der Waals surface area (Å²) < 4.78 is 4.92. The van der Waals surface area contributed by atoms with Gasteiger partial charge in [-0.25, -0.2) is 4.79 Å². The van der Waals surface area contributed by atoms with E-state index in [9.17, 15) is 9.59 Å². The van der Waals surface area contributed by atoms with Gasteiger partial charge >= 0.3 is 5.97 Å². The first-order chi connectivity index (χ1) is 7.13. The number of carboxylic acids is 1. The minimum absolute atomic E-state index is 0.0554. The molecule has 0 unspecified atom stereocenters. The van der Waals surface area contributed by atoms with Crippen molar-refractivity contribution in [2.24, 2.45) is 0 Å². The van der Waals surface area contributed by atoms with Crippen LogP contribution in [0.15, 0.2) is 24.3 Å². The number of aliphatic carboxylic acids is 1. The molecule has 0 aliphatic carbocycles. The van der Waals surface area contributed by atoms with Crippen molar-refractivity contribution in [2.75, 3.05) is 6.61 Å². The van der Waals surface area contributed by atoms with Crippen LogP contribution in [0, 0.1) is 0 Å². The third kappa shape index (κ3) is 3.42. The molecule has 15 heavy (non-hydrogen) atoms. The summed E-state index contributed by atoms with van der Waals surface area (Å²) >= 11 is 0. The first-order valence-corrected chi connectivity index (χ1v) is 4.61. The van der Waals surface area contributed by atoms with Gasteiger partial charge < -0.3 is 9.84 Å². The van der Waals surface area contributed by atoms with Gasteiger partial charge in [0.25, 0.3) is 0 Å². The summed E-state index contributed by atoms with van der Waals surface area (Å²) in [6.07, 6.45) is 0.454. The third-order valence-corrected chi connectivity index (χ3v) is 1.86. The van der Waals surface area contributed by atoms with Gasteiger partial charge in [-0.3, -0.25) is 4.79 Å². The van der Waals surface area contributed by atoms with Crippen LogP contribution in [-0.4, -0.2) is 23.5 Å². The molecule has 0 radical (unpaired) electrons. The lowest BCUT2D eigenvalue weighted by Gasteiger charge is -2.03. The van der Waals surface area contributed by atoms with Crippen LogP contribution in [0.4, 0.5) is 0 Å². The zero-order valence-electron chi connectivity index (χ0n) is 8.40. The topological polar surface area (TPSA) is 63.6 Å². The highest BCUT2D eigenvalue weighted by Crippen LogP contribution is 2.13. The van der Waals surface area contributed by atoms with Gasteiger partial charge in [0.15, 0.2) is 12.4 Å². The number of ketones is 1. The van der Waals surface area contributed by atoms with E-state index in [0.717, 1.165) is 0 Å². The number of carboxylic acid groups (broad SMARTS) is 1. The molecule has 0 aliphatic heterocycles. The Morgan fingerprint density at radius 2 is 1.87 bits per heavy atom. The van der Waals surface area contributed by atoms with Crippen molar-refractivity contribution >= 4 is 11.8 Å². The van der Waals surface area contributed by atoms with Gasteiger partial charge in [-0.1, -0.05) is 6.92 Å². The summed E-state index contributed by atoms with van der Waals surface area (Å²) in [7, 11) is 0. The van der Waals surface area contributed by atoms with E-state index in [0.29, 0.717) is 17.7 Å². The molecule has 0 heterocycles. The van der Waals surface area contributed by atoms with Crippen LogP contribution in [0.25, 0.3) is 0 Å². The van der Waals surface area contributed by atoms with Crippen molar-refractivity contribution in [3.05, 3.63) is 29.8 Å². The summed E-state index contributed by atoms with van der Waals surface area (Å²) in [6.45, 7) is 1.41. The van der Waals surface area contributed by atoms with Crippen molar-refractivity contribution in [2.45, 2.75) is 13.3 Å². The maximum Gasteiger partial charge on any atom is 0.341 e. The first-order valence-electron chi connectivity index (χ1n) is 4.61. The Hall–Kier alpha value is -1.84. The molecule has 0 bridgehead atoms. The number of rotatable bonds is 5. The lowest BCUT2D eigenvalue weighted by Crippen LogP contribution is -2.09. The Morgan fingerprint density at radius 1 is 1.27 bits per heavy atom. The molecule has 4 heteroatoms. The first kappa shape index (κ1) is 11.2. The Kier molecular flexibility index (Phi) is 3.85. The van der Waals surface area contributed by atoms with Crippen LogP contribution in [0.1, 0.15) is 23.7 Å². The Morgan fingerprint density at radius 3 is 2.33 bits per heavy atom. The highest BCUT2D eigenvalue weighted by Gasteiger charge is 2.03. The molecule has 0 spiro atoms. The lowest BCUT2D eigenvalue weighted by molar-refractivity contribution is -0.139. The van der Waals surface area contributed by atoms with Gasteiger partial charge in [-0.15, -0.1) is 0 Å². The van der Waals surface area contributed by atoms with Crippen LogP contribution in [-0.2, 0) is 4.79 Å².